The van der Waals surface area contributed by atoms with E-state index < -0.39 is 22.8 Å². The fourth-order valence-electron chi connectivity index (χ4n) is 3.43. The molecule has 32 heavy (non-hydrogen) atoms. The van der Waals surface area contributed by atoms with Gasteiger partial charge in [0.15, 0.2) is 5.43 Å². The Labute approximate surface area is 184 Å². The number of fused-ring (bicyclic) bond motifs is 2. The van der Waals surface area contributed by atoms with E-state index in [0.717, 1.165) is 0 Å². The fraction of sp³-hybridized carbons (Fsp3) is 0.0435. The number of aliphatic carboxylic acids is 1. The van der Waals surface area contributed by atoms with Crippen LogP contribution >= 0.6 is 11.8 Å². The molecule has 0 atom stereocenters. The van der Waals surface area contributed by atoms with Crippen LogP contribution in [0.3, 0.4) is 0 Å². The van der Waals surface area contributed by atoms with Crippen molar-refractivity contribution in [2.45, 2.75) is 0 Å². The third-order valence-corrected chi connectivity index (χ3v) is 5.65. The lowest BCUT2D eigenvalue weighted by Gasteiger charge is -2.17. The molecule has 1 heterocycles. The van der Waals surface area contributed by atoms with Crippen LogP contribution in [-0.2, 0) is 4.79 Å². The zero-order valence-corrected chi connectivity index (χ0v) is 17.0. The van der Waals surface area contributed by atoms with E-state index >= 15 is 0 Å². The van der Waals surface area contributed by atoms with Gasteiger partial charge in [-0.1, -0.05) is 17.8 Å². The third kappa shape index (κ3) is 3.93. The highest BCUT2D eigenvalue weighted by Crippen LogP contribution is 2.42. The van der Waals surface area contributed by atoms with Crippen LogP contribution in [0.15, 0.2) is 63.8 Å². The van der Waals surface area contributed by atoms with E-state index in [9.17, 15) is 29.4 Å². The molecular formula is C23H14O8S. The molecule has 0 saturated heterocycles. The average molecular weight is 450 g/mol. The van der Waals surface area contributed by atoms with Gasteiger partial charge in [-0.25, -0.2) is 4.79 Å². The first-order valence-corrected chi connectivity index (χ1v) is 10.2. The van der Waals surface area contributed by atoms with Crippen molar-refractivity contribution in [3.63, 3.8) is 0 Å². The minimum atomic E-state index is -1.29. The maximum atomic E-state index is 12.3. The lowest BCUT2D eigenvalue weighted by Crippen LogP contribution is -2.07. The molecule has 9 heteroatoms. The molecule has 1 aliphatic carbocycles. The molecule has 0 bridgehead atoms. The minimum absolute atomic E-state index is 0.0473. The lowest BCUT2D eigenvalue weighted by atomic mass is 9.90. The number of benzene rings is 3. The first-order chi connectivity index (χ1) is 15.2. The quantitative estimate of drug-likeness (QED) is 0.385. The molecule has 160 valence electrons. The summed E-state index contributed by atoms with van der Waals surface area (Å²) in [5.41, 5.74) is 1.01. The van der Waals surface area contributed by atoms with Gasteiger partial charge in [0.05, 0.1) is 11.3 Å². The molecule has 0 unspecified atom stereocenters. The summed E-state index contributed by atoms with van der Waals surface area (Å²) in [6, 6.07) is 12.5. The minimum Gasteiger partial charge on any atom is -0.508 e. The van der Waals surface area contributed by atoms with Gasteiger partial charge < -0.3 is 19.7 Å². The summed E-state index contributed by atoms with van der Waals surface area (Å²) in [5, 5.41) is 28.4. The van der Waals surface area contributed by atoms with Crippen LogP contribution < -0.4 is 5.43 Å². The molecule has 0 fully saturated rings. The SMILES string of the molecule is O=C(O)CSC(=O)c1ccc(-c2c3ccc(=O)cc-3oc3cc(O)ccc23)c(C(=O)O)c1. The first-order valence-electron chi connectivity index (χ1n) is 9.21. The topological polar surface area (TPSA) is 142 Å². The van der Waals surface area contributed by atoms with E-state index in [2.05, 4.69) is 0 Å². The number of hydrogen-bond donors (Lipinski definition) is 3. The van der Waals surface area contributed by atoms with Crippen LogP contribution in [0.5, 0.6) is 5.75 Å². The Morgan fingerprint density at radius 3 is 2.38 bits per heavy atom. The second-order valence-electron chi connectivity index (χ2n) is 6.85. The molecule has 1 aliphatic heterocycles. The Balaban J connectivity index is 1.99. The molecule has 0 spiro atoms. The van der Waals surface area contributed by atoms with E-state index in [0.29, 0.717) is 28.3 Å². The number of hydrogen-bond acceptors (Lipinski definition) is 7. The first kappa shape index (κ1) is 21.1. The normalized spacial score (nSPS) is 11.0. The van der Waals surface area contributed by atoms with Crippen molar-refractivity contribution in [2.24, 2.45) is 0 Å². The second kappa shape index (κ2) is 8.20. The summed E-state index contributed by atoms with van der Waals surface area (Å²) in [6.45, 7) is 0. The summed E-state index contributed by atoms with van der Waals surface area (Å²) in [5.74, 6) is -2.76. The molecule has 0 radical (unpaired) electrons. The van der Waals surface area contributed by atoms with E-state index in [1.54, 1.807) is 6.07 Å². The predicted molar refractivity (Wildman–Crippen MR) is 118 cm³/mol. The van der Waals surface area contributed by atoms with Crippen molar-refractivity contribution >= 4 is 39.8 Å². The van der Waals surface area contributed by atoms with E-state index in [1.807, 2.05) is 0 Å². The maximum Gasteiger partial charge on any atom is 0.336 e. The fourth-order valence-corrected chi connectivity index (χ4v) is 3.97. The van der Waals surface area contributed by atoms with Crippen LogP contribution in [-0.4, -0.2) is 38.1 Å². The van der Waals surface area contributed by atoms with E-state index in [-0.39, 0.29) is 39.2 Å². The number of aromatic hydroxyl groups is 1. The monoisotopic (exact) mass is 450 g/mol. The van der Waals surface area contributed by atoms with Crippen LogP contribution in [0.1, 0.15) is 20.7 Å². The smallest absolute Gasteiger partial charge is 0.336 e. The van der Waals surface area contributed by atoms with Crippen molar-refractivity contribution in [3.8, 4) is 28.2 Å². The van der Waals surface area contributed by atoms with Gasteiger partial charge in [0.2, 0.25) is 5.12 Å². The number of thioether (sulfide) groups is 1. The molecule has 2 aromatic rings. The summed E-state index contributed by atoms with van der Waals surface area (Å²) in [7, 11) is 0. The van der Waals surface area contributed by atoms with Gasteiger partial charge in [-0.3, -0.25) is 14.4 Å². The maximum absolute atomic E-state index is 12.3. The third-order valence-electron chi connectivity index (χ3n) is 4.76. The van der Waals surface area contributed by atoms with Crippen LogP contribution in [0.25, 0.3) is 33.4 Å². The predicted octanol–water partition coefficient (Wildman–Crippen LogP) is 3.93. The summed E-state index contributed by atoms with van der Waals surface area (Å²) >= 11 is 0.559. The molecule has 3 N–H and O–H groups in total. The summed E-state index contributed by atoms with van der Waals surface area (Å²) in [6.07, 6.45) is 0. The lowest BCUT2D eigenvalue weighted by molar-refractivity contribution is -0.133. The van der Waals surface area contributed by atoms with E-state index in [1.165, 1.54) is 48.5 Å². The number of phenolic OH excluding ortho intramolecular Hbond substituents is 1. The van der Waals surface area contributed by atoms with Crippen LogP contribution in [0.4, 0.5) is 0 Å². The van der Waals surface area contributed by atoms with Crippen LogP contribution in [0.2, 0.25) is 0 Å². The zero-order chi connectivity index (χ0) is 23.0. The van der Waals surface area contributed by atoms with E-state index in [4.69, 9.17) is 9.52 Å². The standard InChI is InChI=1S/C23H14O8S/c24-12-2-5-15-18(8-12)31-19-9-13(25)3-6-16(19)21(15)14-4-1-11(7-17(14)22(28)29)23(30)32-10-20(26)27/h1-9,24H,10H2,(H,26,27)(H,28,29). The molecule has 2 aromatic carbocycles. The average Bonchev–Trinajstić information content (AvgIpc) is 2.75. The Hall–Kier alpha value is -4.11. The Morgan fingerprint density at radius 1 is 0.906 bits per heavy atom. The van der Waals surface area contributed by atoms with Gasteiger partial charge in [-0.15, -0.1) is 0 Å². The van der Waals surface area contributed by atoms with Gasteiger partial charge in [0, 0.05) is 34.2 Å². The number of carbonyl (C=O) groups is 3. The van der Waals surface area contributed by atoms with Gasteiger partial charge in [-0.05, 0) is 42.0 Å². The van der Waals surface area contributed by atoms with Gasteiger partial charge >= 0.3 is 11.9 Å². The second-order valence-corrected chi connectivity index (χ2v) is 7.80. The molecular weight excluding hydrogens is 436 g/mol. The number of carboxylic acid groups (broad SMARTS) is 2. The van der Waals surface area contributed by atoms with Crippen molar-refractivity contribution in [1.29, 1.82) is 0 Å². The number of carbonyl (C=O) groups excluding carboxylic acids is 1. The highest BCUT2D eigenvalue weighted by Gasteiger charge is 2.23. The summed E-state index contributed by atoms with van der Waals surface area (Å²) < 4.78 is 5.77. The van der Waals surface area contributed by atoms with Crippen molar-refractivity contribution in [3.05, 3.63) is 75.9 Å². The molecule has 0 saturated carbocycles. The van der Waals surface area contributed by atoms with Gasteiger partial charge in [0.1, 0.15) is 17.1 Å². The highest BCUT2D eigenvalue weighted by atomic mass is 32.2. The Bertz CT molecular complexity index is 1440. The molecule has 2 aliphatic rings. The number of carboxylic acids is 2. The Morgan fingerprint density at radius 2 is 1.66 bits per heavy atom. The highest BCUT2D eigenvalue weighted by molar-refractivity contribution is 8.14. The largest absolute Gasteiger partial charge is 0.508 e. The molecule has 0 aromatic heterocycles. The number of aromatic carboxylic acids is 1. The van der Waals surface area contributed by atoms with Crippen molar-refractivity contribution in [2.75, 3.05) is 5.75 Å². The van der Waals surface area contributed by atoms with Crippen LogP contribution in [0, 0.1) is 0 Å². The Kier molecular flexibility index (Phi) is 5.41. The van der Waals surface area contributed by atoms with Crippen molar-refractivity contribution in [1.82, 2.24) is 0 Å². The molecule has 8 nitrogen and oxygen atoms in total. The van der Waals surface area contributed by atoms with Crippen molar-refractivity contribution < 1.29 is 34.1 Å². The number of phenols is 1. The zero-order valence-electron chi connectivity index (χ0n) is 16.2. The van der Waals surface area contributed by atoms with Gasteiger partial charge in [-0.2, -0.15) is 0 Å². The molecule has 4 rings (SSSR count). The number of rotatable bonds is 5. The summed E-state index contributed by atoms with van der Waals surface area (Å²) in [4.78, 5) is 47.0. The molecule has 0 amide bonds. The van der Waals surface area contributed by atoms with Gasteiger partial charge in [0.25, 0.3) is 0 Å².